The van der Waals surface area contributed by atoms with Gasteiger partial charge in [-0.2, -0.15) is 0 Å². The van der Waals surface area contributed by atoms with E-state index < -0.39 is 0 Å². The summed E-state index contributed by atoms with van der Waals surface area (Å²) < 4.78 is 7.56. The molecule has 0 spiro atoms. The first-order valence-electron chi connectivity index (χ1n) is 7.51. The van der Waals surface area contributed by atoms with Gasteiger partial charge in [0, 0.05) is 12.7 Å². The van der Waals surface area contributed by atoms with Crippen molar-refractivity contribution in [3.05, 3.63) is 34.2 Å². The van der Waals surface area contributed by atoms with Gasteiger partial charge in [0.1, 0.15) is 0 Å². The Morgan fingerprint density at radius 1 is 1.55 bits per heavy atom. The van der Waals surface area contributed by atoms with Gasteiger partial charge in [-0.1, -0.05) is 12.8 Å². The van der Waals surface area contributed by atoms with Crippen molar-refractivity contribution in [1.82, 2.24) is 14.3 Å². The first-order chi connectivity index (χ1) is 10.6. The predicted molar refractivity (Wildman–Crippen MR) is 87.9 cm³/mol. The molecule has 0 N–H and O–H groups in total. The molecule has 0 radical (unpaired) electrons. The average Bonchev–Trinajstić information content (AvgIpc) is 3.26. The highest BCUT2D eigenvalue weighted by Gasteiger charge is 2.21. The number of nitrogens with zero attached hydrogens (tertiary/aromatic N) is 3. The number of esters is 1. The lowest BCUT2D eigenvalue weighted by molar-refractivity contribution is 0.0600. The minimum absolute atomic E-state index is 0.343. The number of pyridine rings is 1. The lowest BCUT2D eigenvalue weighted by Gasteiger charge is -2.16. The topological polar surface area (TPSA) is 46.8 Å². The van der Waals surface area contributed by atoms with Gasteiger partial charge in [0.05, 0.1) is 29.0 Å². The number of methoxy groups -OCH3 is 1. The molecule has 3 rings (SSSR count). The molecular formula is C16H20BrN3O2. The number of carbonyl (C=O) groups is 1. The summed E-state index contributed by atoms with van der Waals surface area (Å²) in [6.07, 6.45) is 7.71. The van der Waals surface area contributed by atoms with Crippen molar-refractivity contribution < 1.29 is 9.53 Å². The summed E-state index contributed by atoms with van der Waals surface area (Å²) in [5.41, 5.74) is 2.40. The molecule has 0 bridgehead atoms. The van der Waals surface area contributed by atoms with Crippen LogP contribution in [0.4, 0.5) is 0 Å². The predicted octanol–water partition coefficient (Wildman–Crippen LogP) is 3.12. The first kappa shape index (κ1) is 15.5. The zero-order valence-electron chi connectivity index (χ0n) is 12.9. The largest absolute Gasteiger partial charge is 0.465 e. The fourth-order valence-corrected chi connectivity index (χ4v) is 3.15. The molecule has 0 unspecified atom stereocenters. The van der Waals surface area contributed by atoms with Gasteiger partial charge in [0.25, 0.3) is 0 Å². The van der Waals surface area contributed by atoms with Crippen LogP contribution in [-0.4, -0.2) is 41.0 Å². The number of rotatable bonds is 6. The summed E-state index contributed by atoms with van der Waals surface area (Å²) in [4.78, 5) is 18.5. The number of imidazole rings is 1. The average molecular weight is 366 g/mol. The van der Waals surface area contributed by atoms with E-state index in [1.807, 2.05) is 10.6 Å². The van der Waals surface area contributed by atoms with Crippen LogP contribution in [0.2, 0.25) is 0 Å². The van der Waals surface area contributed by atoms with Crippen LogP contribution in [0.5, 0.6) is 0 Å². The number of hydrogen-bond donors (Lipinski definition) is 0. The number of hydrogen-bond acceptors (Lipinski definition) is 4. The molecule has 0 atom stereocenters. The number of aromatic nitrogens is 2. The molecule has 22 heavy (non-hydrogen) atoms. The summed E-state index contributed by atoms with van der Waals surface area (Å²) >= 11 is 3.48. The zero-order chi connectivity index (χ0) is 15.7. The summed E-state index contributed by atoms with van der Waals surface area (Å²) in [6, 6.07) is 1.74. The molecule has 0 aromatic carbocycles. The Balaban J connectivity index is 1.82. The number of halogens is 1. The number of carbonyl (C=O) groups excluding carboxylic acids is 1. The summed E-state index contributed by atoms with van der Waals surface area (Å²) in [6.45, 7) is 1.90. The fraction of sp³-hybridized carbons (Fsp3) is 0.500. The molecule has 0 amide bonds. The normalized spacial score (nSPS) is 14.7. The minimum Gasteiger partial charge on any atom is -0.465 e. The van der Waals surface area contributed by atoms with Crippen molar-refractivity contribution in [2.75, 3.05) is 20.7 Å². The maximum Gasteiger partial charge on any atom is 0.339 e. The van der Waals surface area contributed by atoms with Gasteiger partial charge in [-0.15, -0.1) is 0 Å². The van der Waals surface area contributed by atoms with E-state index in [1.54, 1.807) is 12.3 Å². The third-order valence-corrected chi connectivity index (χ3v) is 4.69. The number of ether oxygens (including phenoxy) is 1. The minimum atomic E-state index is -0.343. The van der Waals surface area contributed by atoms with Gasteiger partial charge < -0.3 is 14.0 Å². The van der Waals surface area contributed by atoms with Crippen LogP contribution in [0, 0.1) is 5.92 Å². The molecular weight excluding hydrogens is 346 g/mol. The van der Waals surface area contributed by atoms with Crippen LogP contribution in [-0.2, 0) is 11.3 Å². The summed E-state index contributed by atoms with van der Waals surface area (Å²) in [5, 5.41) is 0. The Morgan fingerprint density at radius 3 is 3.00 bits per heavy atom. The van der Waals surface area contributed by atoms with Gasteiger partial charge >= 0.3 is 5.97 Å². The van der Waals surface area contributed by atoms with Gasteiger partial charge in [-0.25, -0.2) is 9.78 Å². The smallest absolute Gasteiger partial charge is 0.339 e. The fourth-order valence-electron chi connectivity index (χ4n) is 2.61. The zero-order valence-corrected chi connectivity index (χ0v) is 14.5. The second kappa shape index (κ2) is 6.38. The van der Waals surface area contributed by atoms with Crippen molar-refractivity contribution in [3.8, 4) is 0 Å². The van der Waals surface area contributed by atoms with Crippen LogP contribution in [0.3, 0.4) is 0 Å². The molecule has 2 aromatic heterocycles. The molecule has 2 aromatic rings. The quantitative estimate of drug-likeness (QED) is 0.737. The molecule has 6 heteroatoms. The SMILES string of the molecule is COC(=O)c1cc(Br)c2ncc(CN(C)CCC3CC3)n2c1. The van der Waals surface area contributed by atoms with Gasteiger partial charge in [0.15, 0.2) is 5.65 Å². The highest BCUT2D eigenvalue weighted by Crippen LogP contribution is 2.32. The third kappa shape index (κ3) is 3.33. The van der Waals surface area contributed by atoms with Crippen LogP contribution in [0.25, 0.3) is 5.65 Å². The second-order valence-electron chi connectivity index (χ2n) is 5.98. The van der Waals surface area contributed by atoms with E-state index in [-0.39, 0.29) is 5.97 Å². The van der Waals surface area contributed by atoms with Crippen molar-refractivity contribution in [2.24, 2.45) is 5.92 Å². The Labute approximate surface area is 138 Å². The van der Waals surface area contributed by atoms with E-state index in [1.165, 1.54) is 26.4 Å². The molecule has 1 fully saturated rings. The van der Waals surface area contributed by atoms with Crippen molar-refractivity contribution in [2.45, 2.75) is 25.8 Å². The van der Waals surface area contributed by atoms with E-state index >= 15 is 0 Å². The highest BCUT2D eigenvalue weighted by atomic mass is 79.9. The maximum atomic E-state index is 11.8. The summed E-state index contributed by atoms with van der Waals surface area (Å²) in [5.74, 6) is 0.592. The van der Waals surface area contributed by atoms with Crippen LogP contribution in [0.15, 0.2) is 22.9 Å². The van der Waals surface area contributed by atoms with Gasteiger partial charge in [-0.3, -0.25) is 0 Å². The second-order valence-corrected chi connectivity index (χ2v) is 6.84. The standard InChI is InChI=1S/C16H20BrN3O2/c1-19(6-5-11-3-4-11)10-13-8-18-15-14(17)7-12(9-20(13)15)16(21)22-2/h7-9,11H,3-6,10H2,1-2H3. The monoisotopic (exact) mass is 365 g/mol. The van der Waals surface area contributed by atoms with Crippen molar-refractivity contribution in [3.63, 3.8) is 0 Å². The maximum absolute atomic E-state index is 11.8. The van der Waals surface area contributed by atoms with Crippen LogP contribution < -0.4 is 0 Å². The molecule has 1 saturated carbocycles. The van der Waals surface area contributed by atoms with E-state index in [9.17, 15) is 4.79 Å². The van der Waals surface area contributed by atoms with E-state index in [0.717, 1.165) is 34.8 Å². The molecule has 0 aliphatic heterocycles. The van der Waals surface area contributed by atoms with Crippen molar-refractivity contribution >= 4 is 27.5 Å². The van der Waals surface area contributed by atoms with Crippen molar-refractivity contribution in [1.29, 1.82) is 0 Å². The lowest BCUT2D eigenvalue weighted by atomic mass is 10.2. The van der Waals surface area contributed by atoms with E-state index in [4.69, 9.17) is 4.74 Å². The molecule has 2 heterocycles. The van der Waals surface area contributed by atoms with Crippen LogP contribution >= 0.6 is 15.9 Å². The lowest BCUT2D eigenvalue weighted by Crippen LogP contribution is -2.20. The summed E-state index contributed by atoms with van der Waals surface area (Å²) in [7, 11) is 3.52. The molecule has 1 aliphatic carbocycles. The van der Waals surface area contributed by atoms with E-state index in [2.05, 4.69) is 32.9 Å². The van der Waals surface area contributed by atoms with Crippen LogP contribution in [0.1, 0.15) is 35.3 Å². The first-order valence-corrected chi connectivity index (χ1v) is 8.30. The Hall–Kier alpha value is -1.40. The molecule has 1 aliphatic rings. The van der Waals surface area contributed by atoms with E-state index in [0.29, 0.717) is 5.56 Å². The molecule has 118 valence electrons. The van der Waals surface area contributed by atoms with Gasteiger partial charge in [0.2, 0.25) is 0 Å². The Morgan fingerprint density at radius 2 is 2.32 bits per heavy atom. The highest BCUT2D eigenvalue weighted by molar-refractivity contribution is 9.10. The molecule has 5 nitrogen and oxygen atoms in total. The van der Waals surface area contributed by atoms with Gasteiger partial charge in [-0.05, 0) is 47.9 Å². The molecule has 0 saturated heterocycles. The Kier molecular flexibility index (Phi) is 4.49. The third-order valence-electron chi connectivity index (χ3n) is 4.11. The Bertz CT molecular complexity index is 694. The number of fused-ring (bicyclic) bond motifs is 1.